The van der Waals surface area contributed by atoms with Crippen molar-refractivity contribution >= 4 is 23.5 Å². The van der Waals surface area contributed by atoms with Crippen LogP contribution in [0, 0.1) is 0 Å². The highest BCUT2D eigenvalue weighted by Gasteiger charge is 2.43. The predicted octanol–water partition coefficient (Wildman–Crippen LogP) is 0.000500. The lowest BCUT2D eigenvalue weighted by Crippen LogP contribution is -2.65. The summed E-state index contributed by atoms with van der Waals surface area (Å²) >= 11 is 0. The highest BCUT2D eigenvalue weighted by molar-refractivity contribution is 6.08. The van der Waals surface area contributed by atoms with Crippen LogP contribution in [0.4, 0.5) is 5.82 Å². The van der Waals surface area contributed by atoms with Gasteiger partial charge in [-0.15, -0.1) is 0 Å². The summed E-state index contributed by atoms with van der Waals surface area (Å²) in [7, 11) is 1.69. The van der Waals surface area contributed by atoms with Crippen molar-refractivity contribution in [1.82, 2.24) is 15.2 Å². The smallest absolute Gasteiger partial charge is 0.255 e. The first kappa shape index (κ1) is 14.0. The molecule has 0 atom stereocenters. The Morgan fingerprint density at radius 1 is 1.45 bits per heavy atom. The van der Waals surface area contributed by atoms with Gasteiger partial charge < -0.3 is 10.2 Å². The first-order valence-electron chi connectivity index (χ1n) is 6.16. The van der Waals surface area contributed by atoms with Crippen LogP contribution < -0.4 is 10.6 Å². The third-order valence-electron chi connectivity index (χ3n) is 3.29. The largest absolute Gasteiger partial charge is 0.373 e. The number of carbonyl (C=O) groups is 3. The van der Waals surface area contributed by atoms with E-state index in [-0.39, 0.29) is 12.5 Å². The van der Waals surface area contributed by atoms with Gasteiger partial charge in [0.1, 0.15) is 17.9 Å². The van der Waals surface area contributed by atoms with Crippen molar-refractivity contribution in [2.24, 2.45) is 0 Å². The molecular weight excluding hydrogens is 260 g/mol. The molecule has 20 heavy (non-hydrogen) atoms. The number of aromatic nitrogens is 1. The lowest BCUT2D eigenvalue weighted by Gasteiger charge is -2.40. The zero-order valence-corrected chi connectivity index (χ0v) is 11.6. The van der Waals surface area contributed by atoms with E-state index < -0.39 is 17.4 Å². The molecule has 2 N–H and O–H groups in total. The van der Waals surface area contributed by atoms with E-state index in [4.69, 9.17) is 0 Å². The molecule has 0 saturated carbocycles. The quantitative estimate of drug-likeness (QED) is 0.742. The third-order valence-corrected chi connectivity index (χ3v) is 3.29. The molecule has 7 nitrogen and oxygen atoms in total. The zero-order valence-electron chi connectivity index (χ0n) is 11.6. The Morgan fingerprint density at radius 3 is 2.80 bits per heavy atom. The Morgan fingerprint density at radius 2 is 2.15 bits per heavy atom. The fourth-order valence-electron chi connectivity index (χ4n) is 1.96. The van der Waals surface area contributed by atoms with Gasteiger partial charge in [-0.25, -0.2) is 4.98 Å². The van der Waals surface area contributed by atoms with Crippen molar-refractivity contribution in [2.75, 3.05) is 18.9 Å². The number of pyridine rings is 1. The molecule has 3 amide bonds. The van der Waals surface area contributed by atoms with Crippen molar-refractivity contribution < 1.29 is 14.4 Å². The first-order chi connectivity index (χ1) is 9.36. The van der Waals surface area contributed by atoms with E-state index in [1.165, 1.54) is 11.1 Å². The van der Waals surface area contributed by atoms with Gasteiger partial charge in [0.15, 0.2) is 0 Å². The molecule has 1 aromatic heterocycles. The fourth-order valence-corrected chi connectivity index (χ4v) is 1.96. The van der Waals surface area contributed by atoms with E-state index in [1.54, 1.807) is 33.0 Å². The van der Waals surface area contributed by atoms with Crippen LogP contribution in [0.25, 0.3) is 0 Å². The molecular formula is C13H16N4O3. The summed E-state index contributed by atoms with van der Waals surface area (Å²) in [5, 5.41) is 5.07. The Kier molecular flexibility index (Phi) is 3.44. The molecule has 0 unspecified atom stereocenters. The number of amides is 3. The summed E-state index contributed by atoms with van der Waals surface area (Å²) in [5.74, 6) is -0.797. The van der Waals surface area contributed by atoms with Gasteiger partial charge in [0.25, 0.3) is 11.8 Å². The minimum absolute atomic E-state index is 0.144. The van der Waals surface area contributed by atoms with E-state index in [1.807, 2.05) is 0 Å². The van der Waals surface area contributed by atoms with Gasteiger partial charge in [0.2, 0.25) is 5.91 Å². The van der Waals surface area contributed by atoms with Gasteiger partial charge >= 0.3 is 0 Å². The van der Waals surface area contributed by atoms with Crippen LogP contribution in [-0.2, 0) is 9.59 Å². The third kappa shape index (κ3) is 2.34. The predicted molar refractivity (Wildman–Crippen MR) is 72.0 cm³/mol. The second kappa shape index (κ2) is 4.92. The van der Waals surface area contributed by atoms with Gasteiger partial charge in [0.05, 0.1) is 0 Å². The highest BCUT2D eigenvalue weighted by Crippen LogP contribution is 2.21. The molecule has 1 fully saturated rings. The second-order valence-electron chi connectivity index (χ2n) is 5.01. The highest BCUT2D eigenvalue weighted by atomic mass is 16.2. The Hall–Kier alpha value is -2.44. The number of nitrogens with zero attached hydrogens (tertiary/aromatic N) is 2. The zero-order chi connectivity index (χ0) is 14.9. The summed E-state index contributed by atoms with van der Waals surface area (Å²) in [6, 6.07) is 3.13. The van der Waals surface area contributed by atoms with E-state index in [2.05, 4.69) is 15.6 Å². The molecule has 1 aromatic rings. The molecule has 106 valence electrons. The number of piperazine rings is 1. The molecule has 0 radical (unpaired) electrons. The molecule has 1 aliphatic heterocycles. The Labute approximate surface area is 116 Å². The van der Waals surface area contributed by atoms with Crippen LogP contribution >= 0.6 is 0 Å². The fraction of sp³-hybridized carbons (Fsp3) is 0.385. The number of hydrogen-bond donors (Lipinski definition) is 2. The average molecular weight is 276 g/mol. The second-order valence-corrected chi connectivity index (χ2v) is 5.01. The molecule has 2 heterocycles. The Bertz CT molecular complexity index is 583. The maximum Gasteiger partial charge on any atom is 0.255 e. The monoisotopic (exact) mass is 276 g/mol. The van der Waals surface area contributed by atoms with Crippen LogP contribution in [0.2, 0.25) is 0 Å². The summed E-state index contributed by atoms with van der Waals surface area (Å²) in [6.45, 7) is 3.06. The normalized spacial score (nSPS) is 17.6. The summed E-state index contributed by atoms with van der Waals surface area (Å²) < 4.78 is 0. The summed E-state index contributed by atoms with van der Waals surface area (Å²) in [4.78, 5) is 41.1. The topological polar surface area (TPSA) is 91.4 Å². The van der Waals surface area contributed by atoms with Crippen molar-refractivity contribution in [3.63, 3.8) is 0 Å². The molecule has 0 bridgehead atoms. The first-order valence-corrected chi connectivity index (χ1v) is 6.16. The lowest BCUT2D eigenvalue weighted by molar-refractivity contribution is -0.143. The van der Waals surface area contributed by atoms with E-state index in [9.17, 15) is 14.4 Å². The van der Waals surface area contributed by atoms with Crippen LogP contribution in [0.15, 0.2) is 18.3 Å². The number of rotatable bonds is 2. The maximum atomic E-state index is 12.5. The van der Waals surface area contributed by atoms with Gasteiger partial charge in [-0.1, -0.05) is 0 Å². The standard InChI is InChI=1S/C13H16N4O3/c1-13(2)12(20)16-10(18)7-17(13)11(19)8-4-5-15-9(6-8)14-3/h4-6H,7H2,1-3H3,(H,14,15)(H,16,18,20). The molecule has 2 rings (SSSR count). The molecule has 0 aliphatic carbocycles. The molecule has 1 aliphatic rings. The minimum atomic E-state index is -1.08. The number of anilines is 1. The van der Waals surface area contributed by atoms with E-state index in [0.29, 0.717) is 11.4 Å². The van der Waals surface area contributed by atoms with Crippen LogP contribution in [0.1, 0.15) is 24.2 Å². The Balaban J connectivity index is 2.35. The van der Waals surface area contributed by atoms with Crippen molar-refractivity contribution in [3.8, 4) is 0 Å². The maximum absolute atomic E-state index is 12.5. The van der Waals surface area contributed by atoms with E-state index in [0.717, 1.165) is 0 Å². The van der Waals surface area contributed by atoms with Crippen LogP contribution in [0.5, 0.6) is 0 Å². The van der Waals surface area contributed by atoms with Crippen molar-refractivity contribution in [3.05, 3.63) is 23.9 Å². The number of imide groups is 1. The number of nitrogens with one attached hydrogen (secondary N) is 2. The van der Waals surface area contributed by atoms with Gasteiger partial charge in [-0.3, -0.25) is 19.7 Å². The summed E-state index contributed by atoms with van der Waals surface area (Å²) in [5.41, 5.74) is -0.700. The lowest BCUT2D eigenvalue weighted by atomic mass is 9.97. The molecule has 0 aromatic carbocycles. The minimum Gasteiger partial charge on any atom is -0.373 e. The number of carbonyl (C=O) groups excluding carboxylic acids is 3. The van der Waals surface area contributed by atoms with Crippen molar-refractivity contribution in [2.45, 2.75) is 19.4 Å². The molecule has 7 heteroatoms. The summed E-state index contributed by atoms with van der Waals surface area (Å²) in [6.07, 6.45) is 1.50. The van der Waals surface area contributed by atoms with Gasteiger partial charge in [0, 0.05) is 18.8 Å². The molecule has 1 saturated heterocycles. The van der Waals surface area contributed by atoms with Crippen LogP contribution in [0.3, 0.4) is 0 Å². The number of hydrogen-bond acceptors (Lipinski definition) is 5. The van der Waals surface area contributed by atoms with Crippen molar-refractivity contribution in [1.29, 1.82) is 0 Å². The van der Waals surface area contributed by atoms with Gasteiger partial charge in [-0.05, 0) is 26.0 Å². The van der Waals surface area contributed by atoms with Gasteiger partial charge in [-0.2, -0.15) is 0 Å². The average Bonchev–Trinajstić information content (AvgIpc) is 2.42. The van der Waals surface area contributed by atoms with E-state index >= 15 is 0 Å². The molecule has 0 spiro atoms. The SMILES string of the molecule is CNc1cc(C(=O)N2CC(=O)NC(=O)C2(C)C)ccn1. The van der Waals surface area contributed by atoms with Crippen LogP contribution in [-0.4, -0.2) is 46.7 Å².